The molecule has 0 spiro atoms. The minimum atomic E-state index is -0.513. The van der Waals surface area contributed by atoms with Crippen molar-refractivity contribution in [3.05, 3.63) is 5.89 Å². The number of hydrogen-bond donors (Lipinski definition) is 0. The van der Waals surface area contributed by atoms with Crippen LogP contribution in [-0.2, 0) is 6.42 Å². The van der Waals surface area contributed by atoms with E-state index in [4.69, 9.17) is 27.6 Å². The van der Waals surface area contributed by atoms with E-state index in [0.717, 1.165) is 18.6 Å². The van der Waals surface area contributed by atoms with Crippen molar-refractivity contribution >= 4 is 35.0 Å². The fraction of sp³-hybridized carbons (Fsp3) is 0.750. The van der Waals surface area contributed by atoms with E-state index in [2.05, 4.69) is 10.2 Å². The highest BCUT2D eigenvalue weighted by molar-refractivity contribution is 7.99. The Morgan fingerprint density at radius 3 is 2.79 bits per heavy atom. The van der Waals surface area contributed by atoms with E-state index in [9.17, 15) is 0 Å². The average molecular weight is 253 g/mol. The molecule has 2 rings (SSSR count). The van der Waals surface area contributed by atoms with Crippen LogP contribution in [-0.4, -0.2) is 20.3 Å². The zero-order valence-corrected chi connectivity index (χ0v) is 9.99. The molecule has 3 nitrogen and oxygen atoms in total. The minimum Gasteiger partial charge on any atom is -0.416 e. The fourth-order valence-electron chi connectivity index (χ4n) is 1.06. The molecule has 6 heteroatoms. The van der Waals surface area contributed by atoms with Crippen LogP contribution in [0.1, 0.15) is 19.2 Å². The third kappa shape index (κ3) is 2.35. The monoisotopic (exact) mass is 252 g/mol. The van der Waals surface area contributed by atoms with E-state index in [1.54, 1.807) is 0 Å². The van der Waals surface area contributed by atoms with Crippen LogP contribution in [0.2, 0.25) is 0 Å². The Kier molecular flexibility index (Phi) is 2.96. The molecule has 0 aliphatic heterocycles. The number of alkyl halides is 2. The highest BCUT2D eigenvalue weighted by atomic mass is 35.5. The lowest BCUT2D eigenvalue weighted by molar-refractivity contribution is 0.417. The van der Waals surface area contributed by atoms with Crippen molar-refractivity contribution in [2.45, 2.75) is 29.3 Å². The van der Waals surface area contributed by atoms with Crippen LogP contribution in [0.5, 0.6) is 0 Å². The van der Waals surface area contributed by atoms with E-state index in [1.165, 1.54) is 11.8 Å². The van der Waals surface area contributed by atoms with Crippen LogP contribution in [0.25, 0.3) is 0 Å². The SMILES string of the molecule is CCc1nnc(SCC2CC2(Cl)Cl)o1. The lowest BCUT2D eigenvalue weighted by Crippen LogP contribution is -1.92. The Morgan fingerprint density at radius 1 is 1.57 bits per heavy atom. The van der Waals surface area contributed by atoms with Crippen molar-refractivity contribution in [1.29, 1.82) is 0 Å². The second kappa shape index (κ2) is 3.91. The van der Waals surface area contributed by atoms with Gasteiger partial charge in [-0.1, -0.05) is 18.7 Å². The summed E-state index contributed by atoms with van der Waals surface area (Å²) < 4.78 is 4.82. The predicted octanol–water partition coefficient (Wildman–Crippen LogP) is 2.92. The van der Waals surface area contributed by atoms with Gasteiger partial charge >= 0.3 is 0 Å². The standard InChI is InChI=1S/C8H10Cl2N2OS/c1-2-6-11-12-7(13-6)14-4-5-3-8(5,9)10/h5H,2-4H2,1H3. The first-order valence-electron chi connectivity index (χ1n) is 4.45. The van der Waals surface area contributed by atoms with E-state index < -0.39 is 4.33 Å². The van der Waals surface area contributed by atoms with Crippen molar-refractivity contribution in [3.8, 4) is 0 Å². The molecular weight excluding hydrogens is 243 g/mol. The van der Waals surface area contributed by atoms with Crippen molar-refractivity contribution in [2.24, 2.45) is 5.92 Å². The molecule has 78 valence electrons. The molecule has 1 aliphatic carbocycles. The van der Waals surface area contributed by atoms with Gasteiger partial charge in [0.2, 0.25) is 5.89 Å². The number of aryl methyl sites for hydroxylation is 1. The molecular formula is C8H10Cl2N2OS. The molecule has 1 atom stereocenters. The van der Waals surface area contributed by atoms with Crippen molar-refractivity contribution in [3.63, 3.8) is 0 Å². The van der Waals surface area contributed by atoms with E-state index in [1.807, 2.05) is 6.92 Å². The predicted molar refractivity (Wildman–Crippen MR) is 56.9 cm³/mol. The summed E-state index contributed by atoms with van der Waals surface area (Å²) in [5.74, 6) is 1.87. The van der Waals surface area contributed by atoms with Gasteiger partial charge in [-0.2, -0.15) is 0 Å². The van der Waals surface area contributed by atoms with E-state index >= 15 is 0 Å². The Hall–Kier alpha value is 0.0700. The molecule has 1 unspecified atom stereocenters. The van der Waals surface area contributed by atoms with Crippen LogP contribution >= 0.6 is 35.0 Å². The molecule has 1 saturated carbocycles. The number of hydrogen-bond acceptors (Lipinski definition) is 4. The van der Waals surface area contributed by atoms with Crippen molar-refractivity contribution < 1.29 is 4.42 Å². The lowest BCUT2D eigenvalue weighted by Gasteiger charge is -1.95. The smallest absolute Gasteiger partial charge is 0.276 e. The molecule has 0 bridgehead atoms. The Balaban J connectivity index is 1.81. The van der Waals surface area contributed by atoms with Gasteiger partial charge in [0.05, 0.1) is 0 Å². The van der Waals surface area contributed by atoms with Crippen molar-refractivity contribution in [1.82, 2.24) is 10.2 Å². The number of halogens is 2. The number of aromatic nitrogens is 2. The maximum absolute atomic E-state index is 5.89. The molecule has 14 heavy (non-hydrogen) atoms. The molecule has 1 aromatic heterocycles. The van der Waals surface area contributed by atoms with Gasteiger partial charge in [-0.15, -0.1) is 33.4 Å². The fourth-order valence-corrected chi connectivity index (χ4v) is 2.77. The van der Waals surface area contributed by atoms with E-state index in [-0.39, 0.29) is 0 Å². The Bertz CT molecular complexity index is 329. The number of rotatable bonds is 4. The quantitative estimate of drug-likeness (QED) is 0.611. The summed E-state index contributed by atoms with van der Waals surface area (Å²) in [7, 11) is 0. The van der Waals surface area contributed by atoms with Gasteiger partial charge in [-0.05, 0) is 6.42 Å². The average Bonchev–Trinajstić information content (AvgIpc) is 2.62. The first-order chi connectivity index (χ1) is 6.62. The minimum absolute atomic E-state index is 0.354. The highest BCUT2D eigenvalue weighted by Crippen LogP contribution is 2.54. The summed E-state index contributed by atoms with van der Waals surface area (Å²) >= 11 is 13.3. The van der Waals surface area contributed by atoms with Gasteiger partial charge in [0, 0.05) is 18.1 Å². The molecule has 1 heterocycles. The maximum atomic E-state index is 5.89. The third-order valence-electron chi connectivity index (χ3n) is 2.11. The van der Waals surface area contributed by atoms with Gasteiger partial charge in [0.15, 0.2) is 0 Å². The molecule has 0 aromatic carbocycles. The van der Waals surface area contributed by atoms with Gasteiger partial charge < -0.3 is 4.42 Å². The van der Waals surface area contributed by atoms with Crippen LogP contribution in [0.15, 0.2) is 9.64 Å². The first kappa shape index (κ1) is 10.6. The second-order valence-corrected chi connectivity index (χ2v) is 5.80. The van der Waals surface area contributed by atoms with Gasteiger partial charge in [-0.3, -0.25) is 0 Å². The second-order valence-electron chi connectivity index (χ2n) is 3.29. The topological polar surface area (TPSA) is 38.9 Å². The molecule has 0 saturated heterocycles. The molecule has 0 amide bonds. The molecule has 1 aliphatic rings. The molecule has 0 N–H and O–H groups in total. The van der Waals surface area contributed by atoms with Crippen LogP contribution in [0, 0.1) is 5.92 Å². The van der Waals surface area contributed by atoms with Gasteiger partial charge in [0.1, 0.15) is 4.33 Å². The zero-order chi connectivity index (χ0) is 10.2. The number of nitrogens with zero attached hydrogens (tertiary/aromatic N) is 2. The third-order valence-corrected chi connectivity index (χ3v) is 4.02. The molecule has 0 radical (unpaired) electrons. The summed E-state index contributed by atoms with van der Waals surface area (Å²) in [6.07, 6.45) is 1.63. The van der Waals surface area contributed by atoms with Gasteiger partial charge in [-0.25, -0.2) is 0 Å². The summed E-state index contributed by atoms with van der Waals surface area (Å²) in [5.41, 5.74) is 0. The van der Waals surface area contributed by atoms with Gasteiger partial charge in [0.25, 0.3) is 5.22 Å². The maximum Gasteiger partial charge on any atom is 0.276 e. The first-order valence-corrected chi connectivity index (χ1v) is 6.19. The lowest BCUT2D eigenvalue weighted by atomic mass is 10.5. The normalized spacial score (nSPS) is 23.8. The summed E-state index contributed by atoms with van der Waals surface area (Å²) in [6.45, 7) is 1.98. The summed E-state index contributed by atoms with van der Waals surface area (Å²) in [5, 5.41) is 8.37. The summed E-state index contributed by atoms with van der Waals surface area (Å²) in [4.78, 5) is 0. The molecule has 1 aromatic rings. The van der Waals surface area contributed by atoms with E-state index in [0.29, 0.717) is 17.0 Å². The van der Waals surface area contributed by atoms with Crippen LogP contribution in [0.4, 0.5) is 0 Å². The largest absolute Gasteiger partial charge is 0.416 e. The summed E-state index contributed by atoms with van der Waals surface area (Å²) in [6, 6.07) is 0. The Morgan fingerprint density at radius 2 is 2.29 bits per heavy atom. The Labute approximate surface area is 96.5 Å². The zero-order valence-electron chi connectivity index (χ0n) is 7.67. The van der Waals surface area contributed by atoms with Crippen molar-refractivity contribution in [2.75, 3.05) is 5.75 Å². The highest BCUT2D eigenvalue weighted by Gasteiger charge is 2.51. The van der Waals surface area contributed by atoms with Crippen LogP contribution in [0.3, 0.4) is 0 Å². The van der Waals surface area contributed by atoms with Crippen LogP contribution < -0.4 is 0 Å². The number of thioether (sulfide) groups is 1. The molecule has 1 fully saturated rings.